The number of nitrogens with zero attached hydrogens (tertiary/aromatic N) is 1. The zero-order valence-corrected chi connectivity index (χ0v) is 17.0. The standard InChI is InChI=1S/C26H17NO5/c1-15(28)32-24-18-13-8-14-19-21(18)22(23(29)20(24)16-9-4-2-5-10-16)26(31)27(25(19)30)17-11-6-3-7-12-17/h2-14,29H,1H3. The molecule has 6 nitrogen and oxygen atoms in total. The third-order valence-electron chi connectivity index (χ3n) is 5.43. The van der Waals surface area contributed by atoms with Gasteiger partial charge in [-0.05, 0) is 23.8 Å². The van der Waals surface area contributed by atoms with E-state index < -0.39 is 17.8 Å². The SMILES string of the molecule is CC(=O)Oc1c(-c2ccccc2)c(O)c2c3c(cccc13)C(=O)N(c1ccccc1)C2=O. The zero-order valence-electron chi connectivity index (χ0n) is 17.0. The summed E-state index contributed by atoms with van der Waals surface area (Å²) in [5.41, 5.74) is 1.42. The van der Waals surface area contributed by atoms with E-state index in [9.17, 15) is 19.5 Å². The Morgan fingerprint density at radius 1 is 0.812 bits per heavy atom. The molecule has 2 amide bonds. The summed E-state index contributed by atoms with van der Waals surface area (Å²) in [5.74, 6) is -1.98. The van der Waals surface area contributed by atoms with Crippen molar-refractivity contribution in [3.63, 3.8) is 0 Å². The molecule has 1 aliphatic heterocycles. The van der Waals surface area contributed by atoms with Gasteiger partial charge < -0.3 is 9.84 Å². The maximum atomic E-state index is 13.6. The van der Waals surface area contributed by atoms with Crippen molar-refractivity contribution in [1.82, 2.24) is 0 Å². The summed E-state index contributed by atoms with van der Waals surface area (Å²) in [5, 5.41) is 12.0. The fourth-order valence-corrected chi connectivity index (χ4v) is 4.14. The molecule has 0 radical (unpaired) electrons. The minimum atomic E-state index is -0.644. The van der Waals surface area contributed by atoms with Crippen LogP contribution >= 0.6 is 0 Å². The van der Waals surface area contributed by atoms with Crippen molar-refractivity contribution in [3.8, 4) is 22.6 Å². The number of phenolic OH excluding ortho intramolecular Hbond substituents is 1. The second-order valence-corrected chi connectivity index (χ2v) is 7.40. The molecule has 0 saturated carbocycles. The third kappa shape index (κ3) is 2.85. The van der Waals surface area contributed by atoms with Crippen LogP contribution in [0.3, 0.4) is 0 Å². The number of hydrogen-bond donors (Lipinski definition) is 1. The Morgan fingerprint density at radius 2 is 1.47 bits per heavy atom. The lowest BCUT2D eigenvalue weighted by Crippen LogP contribution is -2.40. The van der Waals surface area contributed by atoms with E-state index >= 15 is 0 Å². The summed E-state index contributed by atoms with van der Waals surface area (Å²) in [6.07, 6.45) is 0. The normalized spacial score (nSPS) is 12.8. The van der Waals surface area contributed by atoms with Crippen LogP contribution in [0.5, 0.6) is 11.5 Å². The highest BCUT2D eigenvalue weighted by Gasteiger charge is 2.38. The highest BCUT2D eigenvalue weighted by Crippen LogP contribution is 2.49. The topological polar surface area (TPSA) is 83.9 Å². The van der Waals surface area contributed by atoms with Crippen LogP contribution in [0.4, 0.5) is 5.69 Å². The van der Waals surface area contributed by atoms with Crippen molar-refractivity contribution in [1.29, 1.82) is 0 Å². The first-order valence-corrected chi connectivity index (χ1v) is 9.98. The van der Waals surface area contributed by atoms with Gasteiger partial charge in [0.1, 0.15) is 11.5 Å². The quantitative estimate of drug-likeness (QED) is 0.287. The molecule has 0 unspecified atom stereocenters. The van der Waals surface area contributed by atoms with Gasteiger partial charge in [0.25, 0.3) is 11.8 Å². The summed E-state index contributed by atoms with van der Waals surface area (Å²) in [4.78, 5) is 39.9. The minimum absolute atomic E-state index is 0.00573. The van der Waals surface area contributed by atoms with Gasteiger partial charge in [-0.1, -0.05) is 60.7 Å². The number of ether oxygens (including phenoxy) is 1. The van der Waals surface area contributed by atoms with Crippen LogP contribution in [-0.2, 0) is 4.79 Å². The number of carbonyl (C=O) groups excluding carboxylic acids is 3. The molecule has 0 aliphatic carbocycles. The lowest BCUT2D eigenvalue weighted by Gasteiger charge is -2.29. The molecule has 1 N–H and O–H groups in total. The number of anilines is 1. The predicted molar refractivity (Wildman–Crippen MR) is 120 cm³/mol. The van der Waals surface area contributed by atoms with Crippen LogP contribution in [0.2, 0.25) is 0 Å². The van der Waals surface area contributed by atoms with Gasteiger partial charge in [0.05, 0.1) is 16.8 Å². The number of hydrogen-bond acceptors (Lipinski definition) is 5. The molecule has 0 spiro atoms. The average molecular weight is 423 g/mol. The van der Waals surface area contributed by atoms with Gasteiger partial charge in [-0.15, -0.1) is 0 Å². The van der Waals surface area contributed by atoms with E-state index in [0.29, 0.717) is 16.6 Å². The molecule has 0 atom stereocenters. The maximum absolute atomic E-state index is 13.6. The highest BCUT2D eigenvalue weighted by atomic mass is 16.5. The molecule has 1 heterocycles. The van der Waals surface area contributed by atoms with E-state index in [1.54, 1.807) is 72.8 Å². The van der Waals surface area contributed by atoms with E-state index in [1.165, 1.54) is 6.92 Å². The van der Waals surface area contributed by atoms with Crippen LogP contribution in [0.15, 0.2) is 78.9 Å². The molecule has 156 valence electrons. The third-order valence-corrected chi connectivity index (χ3v) is 5.43. The Balaban J connectivity index is 1.90. The van der Waals surface area contributed by atoms with E-state index in [-0.39, 0.29) is 33.6 Å². The molecule has 0 saturated heterocycles. The summed E-state index contributed by atoms with van der Waals surface area (Å²) < 4.78 is 5.52. The first-order chi connectivity index (χ1) is 15.5. The molecule has 6 heteroatoms. The maximum Gasteiger partial charge on any atom is 0.308 e. The Labute approximate surface area is 183 Å². The largest absolute Gasteiger partial charge is 0.506 e. The number of phenols is 1. The number of imide groups is 1. The highest BCUT2D eigenvalue weighted by molar-refractivity contribution is 6.37. The first-order valence-electron chi connectivity index (χ1n) is 9.98. The van der Waals surface area contributed by atoms with Crippen molar-refractivity contribution >= 4 is 34.2 Å². The number of carbonyl (C=O) groups is 3. The number of aromatic hydroxyl groups is 1. The summed E-state index contributed by atoms with van der Waals surface area (Å²) in [6, 6.07) is 22.3. The number of para-hydroxylation sites is 1. The summed E-state index contributed by atoms with van der Waals surface area (Å²) in [6.45, 7) is 1.26. The van der Waals surface area contributed by atoms with Crippen LogP contribution in [0, 0.1) is 0 Å². The number of esters is 1. The lowest BCUT2D eigenvalue weighted by atomic mass is 9.88. The lowest BCUT2D eigenvalue weighted by molar-refractivity contribution is -0.131. The van der Waals surface area contributed by atoms with Gasteiger partial charge >= 0.3 is 5.97 Å². The number of amides is 2. The van der Waals surface area contributed by atoms with Crippen LogP contribution in [0.25, 0.3) is 21.9 Å². The molecular weight excluding hydrogens is 406 g/mol. The molecule has 32 heavy (non-hydrogen) atoms. The Hall–Kier alpha value is -4.45. The van der Waals surface area contributed by atoms with E-state index in [2.05, 4.69) is 0 Å². The monoisotopic (exact) mass is 423 g/mol. The fraction of sp³-hybridized carbons (Fsp3) is 0.0385. The van der Waals surface area contributed by atoms with Gasteiger partial charge in [0.15, 0.2) is 0 Å². The Morgan fingerprint density at radius 3 is 2.12 bits per heavy atom. The molecule has 0 fully saturated rings. The average Bonchev–Trinajstić information content (AvgIpc) is 2.79. The van der Waals surface area contributed by atoms with Gasteiger partial charge in [0, 0.05) is 23.3 Å². The van der Waals surface area contributed by atoms with Crippen molar-refractivity contribution in [3.05, 3.63) is 90.0 Å². The van der Waals surface area contributed by atoms with Crippen molar-refractivity contribution in [2.45, 2.75) is 6.92 Å². The first kappa shape index (κ1) is 19.5. The second-order valence-electron chi connectivity index (χ2n) is 7.40. The van der Waals surface area contributed by atoms with E-state index in [0.717, 1.165) is 4.90 Å². The van der Waals surface area contributed by atoms with Crippen LogP contribution in [0.1, 0.15) is 27.6 Å². The molecular formula is C26H17NO5. The van der Waals surface area contributed by atoms with Crippen molar-refractivity contribution in [2.24, 2.45) is 0 Å². The number of rotatable bonds is 3. The molecule has 1 aliphatic rings. The Kier molecular flexibility index (Phi) is 4.48. The molecule has 4 aromatic carbocycles. The molecule has 5 rings (SSSR count). The zero-order chi connectivity index (χ0) is 22.4. The molecule has 0 aromatic heterocycles. The van der Waals surface area contributed by atoms with Crippen LogP contribution < -0.4 is 9.64 Å². The van der Waals surface area contributed by atoms with E-state index in [1.807, 2.05) is 6.07 Å². The second kappa shape index (κ2) is 7.35. The van der Waals surface area contributed by atoms with Crippen molar-refractivity contribution < 1.29 is 24.2 Å². The van der Waals surface area contributed by atoms with Gasteiger partial charge in [-0.25, -0.2) is 4.90 Å². The van der Waals surface area contributed by atoms with Crippen LogP contribution in [-0.4, -0.2) is 22.9 Å². The van der Waals surface area contributed by atoms with E-state index in [4.69, 9.17) is 4.74 Å². The smallest absolute Gasteiger partial charge is 0.308 e. The van der Waals surface area contributed by atoms with Gasteiger partial charge in [-0.2, -0.15) is 0 Å². The molecule has 0 bridgehead atoms. The summed E-state index contributed by atoms with van der Waals surface area (Å²) in [7, 11) is 0. The van der Waals surface area contributed by atoms with Crippen molar-refractivity contribution in [2.75, 3.05) is 4.90 Å². The summed E-state index contributed by atoms with van der Waals surface area (Å²) >= 11 is 0. The molecule has 4 aromatic rings. The minimum Gasteiger partial charge on any atom is -0.506 e. The fourth-order valence-electron chi connectivity index (χ4n) is 4.14. The van der Waals surface area contributed by atoms with Gasteiger partial charge in [-0.3, -0.25) is 14.4 Å². The predicted octanol–water partition coefficient (Wildman–Crippen LogP) is 4.94. The number of benzene rings is 4. The van der Waals surface area contributed by atoms with Gasteiger partial charge in [0.2, 0.25) is 0 Å². The Bertz CT molecular complexity index is 1410.